The number of Topliss-reactive ketones (excluding diaryl/α,β-unsaturated/α-hetero) is 3. The fourth-order valence-electron chi connectivity index (χ4n) is 1.33. The maximum atomic E-state index is 11.0. The molecular formula is C8H10O3. The van der Waals surface area contributed by atoms with Gasteiger partial charge in [0.15, 0.2) is 11.6 Å². The normalized spacial score (nSPS) is 21.0. The van der Waals surface area contributed by atoms with Crippen LogP contribution in [0.1, 0.15) is 26.2 Å². The summed E-state index contributed by atoms with van der Waals surface area (Å²) in [5.74, 6) is -1.13. The van der Waals surface area contributed by atoms with Gasteiger partial charge >= 0.3 is 0 Å². The van der Waals surface area contributed by atoms with Crippen molar-refractivity contribution >= 4 is 17.3 Å². The molecule has 3 heteroatoms. The number of carbonyl (C=O) groups excluding carboxylic acids is 3. The van der Waals surface area contributed by atoms with E-state index in [0.717, 1.165) is 0 Å². The van der Waals surface area contributed by atoms with Crippen molar-refractivity contribution in [1.29, 1.82) is 0 Å². The molecule has 0 radical (unpaired) electrons. The largest absolute Gasteiger partial charge is 0.299 e. The molecule has 1 aliphatic carbocycles. The highest BCUT2D eigenvalue weighted by molar-refractivity contribution is 6.20. The maximum absolute atomic E-state index is 11.0. The van der Waals surface area contributed by atoms with Crippen molar-refractivity contribution in [3.05, 3.63) is 0 Å². The zero-order valence-corrected chi connectivity index (χ0v) is 6.42. The number of carbonyl (C=O) groups is 3. The molecular weight excluding hydrogens is 144 g/mol. The van der Waals surface area contributed by atoms with Crippen LogP contribution in [0.2, 0.25) is 0 Å². The van der Waals surface area contributed by atoms with E-state index in [-0.39, 0.29) is 30.2 Å². The van der Waals surface area contributed by atoms with Gasteiger partial charge in [-0.25, -0.2) is 0 Å². The number of rotatable bonds is 1. The van der Waals surface area contributed by atoms with E-state index in [1.807, 2.05) is 0 Å². The molecule has 1 aliphatic rings. The highest BCUT2D eigenvalue weighted by Gasteiger charge is 2.32. The van der Waals surface area contributed by atoms with Crippen molar-refractivity contribution in [3.8, 4) is 0 Å². The van der Waals surface area contributed by atoms with Crippen LogP contribution in [-0.4, -0.2) is 17.3 Å². The van der Waals surface area contributed by atoms with Crippen molar-refractivity contribution in [2.45, 2.75) is 26.2 Å². The Bertz CT molecular complexity index is 197. The molecule has 0 unspecified atom stereocenters. The standard InChI is InChI=1S/C8H10O3/c1-2-6-7(10)3-5(9)4-8(6)11/h6H,2-4H2,1H3. The minimum Gasteiger partial charge on any atom is -0.299 e. The predicted octanol–water partition coefficient (Wildman–Crippen LogP) is 0.514. The van der Waals surface area contributed by atoms with Crippen molar-refractivity contribution < 1.29 is 14.4 Å². The first-order chi connectivity index (χ1) is 5.15. The lowest BCUT2D eigenvalue weighted by atomic mass is 9.84. The van der Waals surface area contributed by atoms with Crippen molar-refractivity contribution in [2.24, 2.45) is 5.92 Å². The minimum atomic E-state index is -0.493. The Labute approximate surface area is 64.8 Å². The Morgan fingerprint density at radius 1 is 1.18 bits per heavy atom. The first-order valence-corrected chi connectivity index (χ1v) is 3.72. The van der Waals surface area contributed by atoms with Gasteiger partial charge in [0.1, 0.15) is 5.78 Å². The quantitative estimate of drug-likeness (QED) is 0.517. The Balaban J connectivity index is 2.74. The zero-order chi connectivity index (χ0) is 8.43. The van der Waals surface area contributed by atoms with Gasteiger partial charge in [-0.15, -0.1) is 0 Å². The summed E-state index contributed by atoms with van der Waals surface area (Å²) >= 11 is 0. The molecule has 60 valence electrons. The van der Waals surface area contributed by atoms with Crippen LogP contribution in [0.5, 0.6) is 0 Å². The molecule has 0 aliphatic heterocycles. The first kappa shape index (κ1) is 8.11. The van der Waals surface area contributed by atoms with Gasteiger partial charge in [-0.3, -0.25) is 14.4 Å². The molecule has 0 amide bonds. The summed E-state index contributed by atoms with van der Waals surface area (Å²) in [4.78, 5) is 32.7. The van der Waals surface area contributed by atoms with E-state index in [2.05, 4.69) is 0 Å². The molecule has 0 aromatic rings. The fraction of sp³-hybridized carbons (Fsp3) is 0.625. The van der Waals surface area contributed by atoms with E-state index >= 15 is 0 Å². The second kappa shape index (κ2) is 2.95. The van der Waals surface area contributed by atoms with Gasteiger partial charge in [0, 0.05) is 0 Å². The number of hydrogen-bond acceptors (Lipinski definition) is 3. The summed E-state index contributed by atoms with van der Waals surface area (Å²) in [5.41, 5.74) is 0. The summed E-state index contributed by atoms with van der Waals surface area (Å²) in [6.45, 7) is 1.79. The second-order valence-corrected chi connectivity index (χ2v) is 2.79. The molecule has 0 N–H and O–H groups in total. The van der Waals surface area contributed by atoms with Gasteiger partial charge in [-0.1, -0.05) is 6.92 Å². The molecule has 11 heavy (non-hydrogen) atoms. The molecule has 0 heterocycles. The second-order valence-electron chi connectivity index (χ2n) is 2.79. The van der Waals surface area contributed by atoms with Gasteiger partial charge in [0.05, 0.1) is 18.8 Å². The summed E-state index contributed by atoms with van der Waals surface area (Å²) in [7, 11) is 0. The third-order valence-corrected chi connectivity index (χ3v) is 1.93. The molecule has 0 atom stereocenters. The van der Waals surface area contributed by atoms with Gasteiger partial charge in [0.25, 0.3) is 0 Å². The van der Waals surface area contributed by atoms with Crippen LogP contribution in [0.4, 0.5) is 0 Å². The van der Waals surface area contributed by atoms with E-state index in [1.165, 1.54) is 0 Å². The van der Waals surface area contributed by atoms with Crippen LogP contribution in [-0.2, 0) is 14.4 Å². The topological polar surface area (TPSA) is 51.2 Å². The molecule has 0 saturated heterocycles. The Morgan fingerprint density at radius 3 is 2.00 bits per heavy atom. The van der Waals surface area contributed by atoms with Gasteiger partial charge in [-0.05, 0) is 6.42 Å². The lowest BCUT2D eigenvalue weighted by Crippen LogP contribution is -2.32. The summed E-state index contributed by atoms with van der Waals surface area (Å²) < 4.78 is 0. The molecule has 3 nitrogen and oxygen atoms in total. The van der Waals surface area contributed by atoms with Crippen LogP contribution in [0.15, 0.2) is 0 Å². The van der Waals surface area contributed by atoms with E-state index in [9.17, 15) is 14.4 Å². The number of ketones is 3. The van der Waals surface area contributed by atoms with Crippen LogP contribution in [0, 0.1) is 5.92 Å². The van der Waals surface area contributed by atoms with E-state index in [1.54, 1.807) is 6.92 Å². The average Bonchev–Trinajstić information content (AvgIpc) is 1.85. The summed E-state index contributed by atoms with van der Waals surface area (Å²) in [5, 5.41) is 0. The SMILES string of the molecule is CCC1C(=O)CC(=O)CC1=O. The molecule has 1 saturated carbocycles. The predicted molar refractivity (Wildman–Crippen MR) is 38.0 cm³/mol. The Kier molecular flexibility index (Phi) is 2.17. The Morgan fingerprint density at radius 2 is 1.64 bits per heavy atom. The third kappa shape index (κ3) is 1.53. The van der Waals surface area contributed by atoms with Crippen molar-refractivity contribution in [1.82, 2.24) is 0 Å². The molecule has 0 bridgehead atoms. The van der Waals surface area contributed by atoms with Gasteiger partial charge in [-0.2, -0.15) is 0 Å². The molecule has 0 spiro atoms. The maximum Gasteiger partial charge on any atom is 0.150 e. The van der Waals surface area contributed by atoms with E-state index in [4.69, 9.17) is 0 Å². The van der Waals surface area contributed by atoms with Gasteiger partial charge in [0.2, 0.25) is 0 Å². The van der Waals surface area contributed by atoms with Crippen molar-refractivity contribution in [3.63, 3.8) is 0 Å². The lowest BCUT2D eigenvalue weighted by molar-refractivity contribution is -0.140. The zero-order valence-electron chi connectivity index (χ0n) is 6.42. The average molecular weight is 154 g/mol. The van der Waals surface area contributed by atoms with Crippen LogP contribution in [0.3, 0.4) is 0 Å². The van der Waals surface area contributed by atoms with Gasteiger partial charge < -0.3 is 0 Å². The van der Waals surface area contributed by atoms with E-state index < -0.39 is 5.92 Å². The third-order valence-electron chi connectivity index (χ3n) is 1.93. The molecule has 0 aromatic carbocycles. The first-order valence-electron chi connectivity index (χ1n) is 3.72. The highest BCUT2D eigenvalue weighted by atomic mass is 16.2. The summed E-state index contributed by atoms with van der Waals surface area (Å²) in [6.07, 6.45) is 0.458. The molecule has 0 aromatic heterocycles. The molecule has 1 fully saturated rings. The smallest absolute Gasteiger partial charge is 0.150 e. The van der Waals surface area contributed by atoms with Crippen molar-refractivity contribution in [2.75, 3.05) is 0 Å². The van der Waals surface area contributed by atoms with Crippen LogP contribution < -0.4 is 0 Å². The van der Waals surface area contributed by atoms with Crippen LogP contribution >= 0.6 is 0 Å². The molecule has 1 rings (SSSR count). The highest BCUT2D eigenvalue weighted by Crippen LogP contribution is 2.17. The fourth-order valence-corrected chi connectivity index (χ4v) is 1.33. The van der Waals surface area contributed by atoms with E-state index in [0.29, 0.717) is 6.42 Å². The van der Waals surface area contributed by atoms with Crippen LogP contribution in [0.25, 0.3) is 0 Å². The summed E-state index contributed by atoms with van der Waals surface area (Å²) in [6, 6.07) is 0. The number of hydrogen-bond donors (Lipinski definition) is 0. The Hall–Kier alpha value is -0.990. The lowest BCUT2D eigenvalue weighted by Gasteiger charge is -2.16. The monoisotopic (exact) mass is 154 g/mol. The minimum absolute atomic E-state index is 0.0375.